The number of methoxy groups -OCH3 is 2. The van der Waals surface area contributed by atoms with Gasteiger partial charge in [-0.05, 0) is 81.6 Å². The van der Waals surface area contributed by atoms with Gasteiger partial charge in [-0.3, -0.25) is 9.59 Å². The molecule has 18 nitrogen and oxygen atoms in total. The second kappa shape index (κ2) is 28.3. The van der Waals surface area contributed by atoms with Crippen LogP contribution in [0.4, 0.5) is 0 Å². The molecule has 1 spiro atoms. The Morgan fingerprint density at radius 2 is 1.55 bits per heavy atom. The molecule has 24 atom stereocenters. The molecule has 6 heterocycles. The van der Waals surface area contributed by atoms with E-state index in [0.29, 0.717) is 49.5 Å². The van der Waals surface area contributed by atoms with E-state index >= 15 is 0 Å². The maximum atomic E-state index is 14.3. The standard InChI is InChI=1S/C48H72O14.C14H20O4/c1-11-25(2)43-28(5)17-18-47(62-43)23-34-20-33(61-47)16-15-27(4)42(26(3)13-12-14-32-24-55-45-40(49)29(6)19-35(46(51)58-34)48(32,45)52)59-39-22-37(54-10)44(31(8)57-39)60-38-21-36(53-9)41(50)30(7)56-38;1-2-3-4-5-6-7-10-8-12(16)14(18)13(17)11(10)9-15/h12-15,17-19,25-26,28,30-31,33-45,49-50,52H,11,16,20-24H2,1-10H3;4-7,9-12,14,16,18H,2-3,8H2,1H3. The van der Waals surface area contributed by atoms with E-state index < -0.39 is 115 Å². The molecule has 8 aliphatic rings. The van der Waals surface area contributed by atoms with Crippen molar-refractivity contribution in [2.45, 2.75) is 230 Å². The van der Waals surface area contributed by atoms with Gasteiger partial charge >= 0.3 is 5.97 Å². The smallest absolute Gasteiger partial charge is 0.316 e. The number of carbonyl (C=O) groups excluding carboxylic acids is 3. The lowest BCUT2D eigenvalue weighted by Crippen LogP contribution is -2.58. The van der Waals surface area contributed by atoms with Gasteiger partial charge < -0.3 is 77.7 Å². The summed E-state index contributed by atoms with van der Waals surface area (Å²) in [5, 5.41) is 53.2. The highest BCUT2D eigenvalue weighted by atomic mass is 16.7. The number of aliphatic hydroxyl groups is 5. The van der Waals surface area contributed by atoms with Crippen molar-refractivity contribution in [1.82, 2.24) is 0 Å². The number of carbonyl (C=O) groups is 3. The molecule has 448 valence electrons. The van der Waals surface area contributed by atoms with Gasteiger partial charge in [0, 0.05) is 51.7 Å². The first-order chi connectivity index (χ1) is 38.1. The minimum absolute atomic E-state index is 0.0317. The van der Waals surface area contributed by atoms with E-state index in [1.807, 2.05) is 44.2 Å². The van der Waals surface area contributed by atoms with Crippen LogP contribution < -0.4 is 0 Å². The summed E-state index contributed by atoms with van der Waals surface area (Å²) in [5.74, 6) is -4.33. The topological polar surface area (TPSA) is 245 Å². The highest BCUT2D eigenvalue weighted by molar-refractivity contribution is 5.97. The molecular formula is C62H92O18. The molecule has 5 N–H and O–H groups in total. The van der Waals surface area contributed by atoms with Crippen molar-refractivity contribution in [2.75, 3.05) is 20.8 Å². The van der Waals surface area contributed by atoms with Gasteiger partial charge in [0.25, 0.3) is 0 Å². The SMILES string of the molecule is CCC(C)C1OC2(C=CC1C)CC1CC(CC=C(C)C(OC3CC(OC)C(OC4CC(OC)C(O)C(C)O4)C(C)O3)C(C)C=CC=C3COC4C(O)C(C)=CC(C(=O)O1)C34O)O2.CCCC=CC=CC1CC(O)C(O)C(=O)C1C=O. The third-order valence-electron chi connectivity index (χ3n) is 17.7. The summed E-state index contributed by atoms with van der Waals surface area (Å²) in [7, 11) is 3.22. The lowest BCUT2D eigenvalue weighted by Gasteiger charge is -2.48. The number of ether oxygens (including phenoxy) is 10. The van der Waals surface area contributed by atoms with E-state index in [-0.39, 0.29) is 55.0 Å². The zero-order valence-electron chi connectivity index (χ0n) is 48.7. The molecule has 2 bridgehead atoms. The lowest BCUT2D eigenvalue weighted by molar-refractivity contribution is -0.318. The van der Waals surface area contributed by atoms with E-state index in [2.05, 4.69) is 46.8 Å². The molecule has 5 fully saturated rings. The molecule has 8 rings (SSSR count). The first-order valence-electron chi connectivity index (χ1n) is 29.2. The zero-order chi connectivity index (χ0) is 58.2. The van der Waals surface area contributed by atoms with Crippen LogP contribution in [0.25, 0.3) is 0 Å². The monoisotopic (exact) mass is 1120 g/mol. The van der Waals surface area contributed by atoms with Crippen molar-refractivity contribution in [3.05, 3.63) is 83.6 Å². The Morgan fingerprint density at radius 3 is 2.25 bits per heavy atom. The number of aliphatic hydroxyl groups excluding tert-OH is 4. The van der Waals surface area contributed by atoms with Crippen molar-refractivity contribution >= 4 is 18.0 Å². The number of rotatable bonds is 13. The number of aldehydes is 1. The molecule has 0 aromatic heterocycles. The van der Waals surface area contributed by atoms with Gasteiger partial charge in [0.1, 0.15) is 54.4 Å². The summed E-state index contributed by atoms with van der Waals surface area (Å²) in [6.45, 7) is 18.2. The number of fused-ring (bicyclic) bond motifs is 2. The first-order valence-corrected chi connectivity index (χ1v) is 29.2. The largest absolute Gasteiger partial charge is 0.462 e. The van der Waals surface area contributed by atoms with Gasteiger partial charge in [-0.15, -0.1) is 0 Å². The maximum Gasteiger partial charge on any atom is 0.316 e. The van der Waals surface area contributed by atoms with Gasteiger partial charge in [-0.1, -0.05) is 108 Å². The Bertz CT molecular complexity index is 2310. The molecule has 4 saturated heterocycles. The second-order valence-electron chi connectivity index (χ2n) is 23.5. The number of allylic oxidation sites excluding steroid dienone is 6. The van der Waals surface area contributed by atoms with Gasteiger partial charge in [-0.25, -0.2) is 0 Å². The molecule has 0 aromatic carbocycles. The number of ketones is 1. The Labute approximate surface area is 473 Å². The van der Waals surface area contributed by atoms with Gasteiger partial charge in [0.05, 0.1) is 61.4 Å². The minimum Gasteiger partial charge on any atom is -0.462 e. The Morgan fingerprint density at radius 1 is 0.838 bits per heavy atom. The van der Waals surface area contributed by atoms with Gasteiger partial charge in [0.2, 0.25) is 0 Å². The molecule has 6 aliphatic heterocycles. The van der Waals surface area contributed by atoms with Crippen molar-refractivity contribution in [1.29, 1.82) is 0 Å². The summed E-state index contributed by atoms with van der Waals surface area (Å²) < 4.78 is 63.7. The van der Waals surface area contributed by atoms with Gasteiger partial charge in [-0.2, -0.15) is 0 Å². The van der Waals surface area contributed by atoms with Crippen LogP contribution in [0, 0.1) is 35.5 Å². The molecule has 80 heavy (non-hydrogen) atoms. The highest BCUT2D eigenvalue weighted by Gasteiger charge is 2.60. The van der Waals surface area contributed by atoms with E-state index in [9.17, 15) is 39.9 Å². The van der Waals surface area contributed by atoms with E-state index in [1.165, 1.54) is 0 Å². The fraction of sp³-hybridized carbons (Fsp3) is 0.726. The molecule has 1 saturated carbocycles. The normalized spacial score (nSPS) is 43.9. The average Bonchev–Trinajstić information content (AvgIpc) is 3.78. The van der Waals surface area contributed by atoms with Crippen LogP contribution in [-0.4, -0.2) is 174 Å². The molecule has 0 amide bonds. The van der Waals surface area contributed by atoms with Crippen molar-refractivity contribution in [3.8, 4) is 0 Å². The summed E-state index contributed by atoms with van der Waals surface area (Å²) in [6, 6.07) is 0. The van der Waals surface area contributed by atoms with Crippen LogP contribution in [0.3, 0.4) is 0 Å². The predicted molar refractivity (Wildman–Crippen MR) is 295 cm³/mol. The predicted octanol–water partition coefficient (Wildman–Crippen LogP) is 6.40. The van der Waals surface area contributed by atoms with Crippen molar-refractivity contribution in [3.63, 3.8) is 0 Å². The molecular weight excluding hydrogens is 1030 g/mol. The van der Waals surface area contributed by atoms with E-state index in [1.54, 1.807) is 52.4 Å². The van der Waals surface area contributed by atoms with E-state index in [4.69, 9.17) is 47.4 Å². The average molecular weight is 1130 g/mol. The van der Waals surface area contributed by atoms with Crippen LogP contribution in [0.1, 0.15) is 120 Å². The van der Waals surface area contributed by atoms with Crippen LogP contribution in [0.15, 0.2) is 83.6 Å². The quantitative estimate of drug-likeness (QED) is 0.0440. The van der Waals surface area contributed by atoms with Crippen molar-refractivity contribution < 1.29 is 87.3 Å². The molecule has 0 radical (unpaired) electrons. The van der Waals surface area contributed by atoms with Crippen LogP contribution in [0.2, 0.25) is 0 Å². The molecule has 2 aliphatic carbocycles. The summed E-state index contributed by atoms with van der Waals surface area (Å²) >= 11 is 0. The highest BCUT2D eigenvalue weighted by Crippen LogP contribution is 2.47. The van der Waals surface area contributed by atoms with Gasteiger partial charge in [0.15, 0.2) is 24.2 Å². The number of hydrogen-bond donors (Lipinski definition) is 5. The molecule has 0 aromatic rings. The first kappa shape index (κ1) is 64.0. The summed E-state index contributed by atoms with van der Waals surface area (Å²) in [5.41, 5.74) is 0.134. The Kier molecular flexibility index (Phi) is 22.7. The molecule has 18 heteroatoms. The summed E-state index contributed by atoms with van der Waals surface area (Å²) in [4.78, 5) is 36.9. The molecule has 24 unspecified atom stereocenters. The minimum atomic E-state index is -1.84. The fourth-order valence-electron chi connectivity index (χ4n) is 12.6. The van der Waals surface area contributed by atoms with Crippen LogP contribution in [0.5, 0.6) is 0 Å². The third kappa shape index (κ3) is 14.5. The Balaban J connectivity index is 0.000000437. The Hall–Kier alpha value is -3.57. The maximum absolute atomic E-state index is 14.3. The lowest BCUT2D eigenvalue weighted by atomic mass is 9.71. The zero-order valence-corrected chi connectivity index (χ0v) is 48.7. The van der Waals surface area contributed by atoms with Crippen LogP contribution >= 0.6 is 0 Å². The third-order valence-corrected chi connectivity index (χ3v) is 17.7. The fourth-order valence-corrected chi connectivity index (χ4v) is 12.6. The number of unbranched alkanes of at least 4 members (excludes halogenated alkanes) is 1. The second-order valence-corrected chi connectivity index (χ2v) is 23.5. The summed E-state index contributed by atoms with van der Waals surface area (Å²) in [6.07, 6.45) is 16.3. The number of Topliss-reactive ketones (excluding diaryl/α,β-unsaturated/α-hetero) is 1. The number of esters is 1. The van der Waals surface area contributed by atoms with Crippen LogP contribution in [-0.2, 0) is 61.8 Å². The number of hydrogen-bond acceptors (Lipinski definition) is 18. The van der Waals surface area contributed by atoms with E-state index in [0.717, 1.165) is 24.8 Å². The van der Waals surface area contributed by atoms with Crippen molar-refractivity contribution in [2.24, 2.45) is 35.5 Å².